The lowest BCUT2D eigenvalue weighted by atomic mass is 10.2. The van der Waals surface area contributed by atoms with Crippen LogP contribution in [0.2, 0.25) is 0 Å². The fourth-order valence-corrected chi connectivity index (χ4v) is 1.74. The summed E-state index contributed by atoms with van der Waals surface area (Å²) in [5.74, 6) is 0.935. The maximum Gasteiger partial charge on any atom is 0.226 e. The summed E-state index contributed by atoms with van der Waals surface area (Å²) >= 11 is 0. The molecule has 0 amide bonds. The molecule has 2 aromatic carbocycles. The van der Waals surface area contributed by atoms with Crippen molar-refractivity contribution >= 4 is 0 Å². The molecule has 2 nitrogen and oxygen atoms in total. The molecule has 0 fully saturated rings. The average Bonchev–Trinajstić information content (AvgIpc) is 2.90. The first-order chi connectivity index (χ1) is 8.83. The van der Waals surface area contributed by atoms with Crippen LogP contribution in [-0.2, 0) is 0 Å². The number of nitrogens with zero attached hydrogens (tertiary/aromatic N) is 1. The minimum Gasteiger partial charge on any atom is -0.436 e. The quantitative estimate of drug-likeness (QED) is 0.671. The number of halogens is 1. The van der Waals surface area contributed by atoms with E-state index in [4.69, 9.17) is 4.42 Å². The zero-order valence-corrected chi connectivity index (χ0v) is 9.51. The van der Waals surface area contributed by atoms with Gasteiger partial charge in [0.2, 0.25) is 5.89 Å². The predicted octanol–water partition coefficient (Wildman–Crippen LogP) is 4.15. The molecule has 1 aromatic heterocycles. The van der Waals surface area contributed by atoms with Gasteiger partial charge in [-0.1, -0.05) is 18.2 Å². The number of hydrogen-bond donors (Lipinski definition) is 0. The number of aromatic nitrogens is 1. The Morgan fingerprint density at radius 2 is 1.56 bits per heavy atom. The van der Waals surface area contributed by atoms with Gasteiger partial charge >= 0.3 is 0 Å². The van der Waals surface area contributed by atoms with Crippen LogP contribution in [0.15, 0.2) is 65.2 Å². The Morgan fingerprint density at radius 3 is 2.28 bits per heavy atom. The van der Waals surface area contributed by atoms with E-state index >= 15 is 0 Å². The Balaban J connectivity index is 1.97. The van der Waals surface area contributed by atoms with Crippen molar-refractivity contribution in [1.82, 2.24) is 4.98 Å². The lowest BCUT2D eigenvalue weighted by Crippen LogP contribution is -1.75. The summed E-state index contributed by atoms with van der Waals surface area (Å²) in [6, 6.07) is 15.8. The first kappa shape index (κ1) is 10.7. The highest BCUT2D eigenvalue weighted by molar-refractivity contribution is 5.60. The van der Waals surface area contributed by atoms with E-state index in [0.717, 1.165) is 11.1 Å². The van der Waals surface area contributed by atoms with Crippen LogP contribution in [0.4, 0.5) is 4.39 Å². The third-order valence-electron chi connectivity index (χ3n) is 2.66. The van der Waals surface area contributed by atoms with Gasteiger partial charge in [-0.25, -0.2) is 9.37 Å². The van der Waals surface area contributed by atoms with E-state index in [1.54, 1.807) is 18.3 Å². The van der Waals surface area contributed by atoms with Gasteiger partial charge in [-0.05, 0) is 36.4 Å². The minimum absolute atomic E-state index is 0.262. The van der Waals surface area contributed by atoms with E-state index in [9.17, 15) is 4.39 Å². The van der Waals surface area contributed by atoms with Gasteiger partial charge in [0.25, 0.3) is 0 Å². The normalized spacial score (nSPS) is 10.5. The van der Waals surface area contributed by atoms with Crippen LogP contribution in [0.1, 0.15) is 0 Å². The third-order valence-corrected chi connectivity index (χ3v) is 2.66. The average molecular weight is 239 g/mol. The molecule has 0 N–H and O–H groups in total. The Hall–Kier alpha value is -2.42. The van der Waals surface area contributed by atoms with Gasteiger partial charge in [0.05, 0.1) is 6.20 Å². The zero-order chi connectivity index (χ0) is 12.4. The summed E-state index contributed by atoms with van der Waals surface area (Å²) in [6.07, 6.45) is 1.65. The van der Waals surface area contributed by atoms with E-state index < -0.39 is 0 Å². The van der Waals surface area contributed by atoms with Gasteiger partial charge in [-0.2, -0.15) is 0 Å². The summed E-state index contributed by atoms with van der Waals surface area (Å²) in [6.45, 7) is 0. The summed E-state index contributed by atoms with van der Waals surface area (Å²) in [5.41, 5.74) is 1.73. The molecule has 3 aromatic rings. The van der Waals surface area contributed by atoms with Crippen LogP contribution in [0.3, 0.4) is 0 Å². The van der Waals surface area contributed by atoms with Crippen molar-refractivity contribution in [2.45, 2.75) is 0 Å². The highest BCUT2D eigenvalue weighted by Gasteiger charge is 2.07. The number of hydrogen-bond acceptors (Lipinski definition) is 2. The summed E-state index contributed by atoms with van der Waals surface area (Å²) in [4.78, 5) is 4.22. The van der Waals surface area contributed by atoms with E-state index in [1.807, 2.05) is 30.3 Å². The molecule has 3 heteroatoms. The lowest BCUT2D eigenvalue weighted by Gasteiger charge is -1.96. The van der Waals surface area contributed by atoms with Crippen molar-refractivity contribution < 1.29 is 8.81 Å². The van der Waals surface area contributed by atoms with Gasteiger partial charge in [0.1, 0.15) is 5.82 Å². The second kappa shape index (κ2) is 4.45. The fourth-order valence-electron chi connectivity index (χ4n) is 1.74. The minimum atomic E-state index is -0.262. The van der Waals surface area contributed by atoms with Gasteiger partial charge < -0.3 is 4.42 Å². The lowest BCUT2D eigenvalue weighted by molar-refractivity contribution is 0.588. The SMILES string of the molecule is Fc1ccc(-c2cnc(-c3ccccc3)o2)cc1. The monoisotopic (exact) mass is 239 g/mol. The topological polar surface area (TPSA) is 26.0 Å². The van der Waals surface area contributed by atoms with E-state index in [-0.39, 0.29) is 5.82 Å². The Kier molecular flexibility index (Phi) is 2.65. The molecular weight excluding hydrogens is 229 g/mol. The molecule has 0 aliphatic rings. The molecule has 1 heterocycles. The van der Waals surface area contributed by atoms with Gasteiger partial charge in [0.15, 0.2) is 5.76 Å². The highest BCUT2D eigenvalue weighted by atomic mass is 19.1. The predicted molar refractivity (Wildman–Crippen MR) is 67.3 cm³/mol. The molecule has 88 valence electrons. The van der Waals surface area contributed by atoms with Crippen LogP contribution in [0.5, 0.6) is 0 Å². The van der Waals surface area contributed by atoms with Crippen LogP contribution in [0, 0.1) is 5.82 Å². The second-order valence-electron chi connectivity index (χ2n) is 3.90. The van der Waals surface area contributed by atoms with E-state index in [2.05, 4.69) is 4.98 Å². The van der Waals surface area contributed by atoms with Gasteiger partial charge in [0, 0.05) is 11.1 Å². The largest absolute Gasteiger partial charge is 0.436 e. The number of rotatable bonds is 2. The van der Waals surface area contributed by atoms with Gasteiger partial charge in [-0.15, -0.1) is 0 Å². The van der Waals surface area contributed by atoms with Crippen molar-refractivity contribution in [3.8, 4) is 22.8 Å². The van der Waals surface area contributed by atoms with Crippen molar-refractivity contribution in [2.24, 2.45) is 0 Å². The van der Waals surface area contributed by atoms with Crippen molar-refractivity contribution in [3.63, 3.8) is 0 Å². The van der Waals surface area contributed by atoms with Crippen molar-refractivity contribution in [1.29, 1.82) is 0 Å². The molecular formula is C15H10FNO. The summed E-state index contributed by atoms with van der Waals surface area (Å²) < 4.78 is 18.5. The molecule has 0 bridgehead atoms. The smallest absolute Gasteiger partial charge is 0.226 e. The Bertz CT molecular complexity index is 644. The van der Waals surface area contributed by atoms with Crippen molar-refractivity contribution in [2.75, 3.05) is 0 Å². The standard InChI is InChI=1S/C15H10FNO/c16-13-8-6-11(7-9-13)14-10-17-15(18-14)12-4-2-1-3-5-12/h1-10H. The van der Waals surface area contributed by atoms with E-state index in [0.29, 0.717) is 11.7 Å². The molecule has 0 radical (unpaired) electrons. The van der Waals surface area contributed by atoms with Crippen LogP contribution in [-0.4, -0.2) is 4.98 Å². The number of oxazole rings is 1. The maximum atomic E-state index is 12.8. The maximum absolute atomic E-state index is 12.8. The molecule has 18 heavy (non-hydrogen) atoms. The van der Waals surface area contributed by atoms with Crippen molar-refractivity contribution in [3.05, 3.63) is 66.6 Å². The third kappa shape index (κ3) is 2.02. The van der Waals surface area contributed by atoms with Crippen LogP contribution in [0.25, 0.3) is 22.8 Å². The first-order valence-electron chi connectivity index (χ1n) is 5.60. The molecule has 0 atom stereocenters. The molecule has 0 spiro atoms. The van der Waals surface area contributed by atoms with E-state index in [1.165, 1.54) is 12.1 Å². The van der Waals surface area contributed by atoms with Crippen LogP contribution < -0.4 is 0 Å². The zero-order valence-electron chi connectivity index (χ0n) is 9.51. The Labute approximate surface area is 104 Å². The fraction of sp³-hybridized carbons (Fsp3) is 0. The summed E-state index contributed by atoms with van der Waals surface area (Å²) in [7, 11) is 0. The van der Waals surface area contributed by atoms with Gasteiger partial charge in [-0.3, -0.25) is 0 Å². The number of benzene rings is 2. The van der Waals surface area contributed by atoms with Crippen LogP contribution >= 0.6 is 0 Å². The highest BCUT2D eigenvalue weighted by Crippen LogP contribution is 2.25. The summed E-state index contributed by atoms with van der Waals surface area (Å²) in [5, 5.41) is 0. The molecule has 0 aliphatic carbocycles. The Morgan fingerprint density at radius 1 is 0.833 bits per heavy atom. The molecule has 0 saturated heterocycles. The first-order valence-corrected chi connectivity index (χ1v) is 5.60. The second-order valence-corrected chi connectivity index (χ2v) is 3.90. The molecule has 3 rings (SSSR count). The molecule has 0 saturated carbocycles. The molecule has 0 unspecified atom stereocenters. The molecule has 0 aliphatic heterocycles.